The zero-order valence-corrected chi connectivity index (χ0v) is 20.6. The summed E-state index contributed by atoms with van der Waals surface area (Å²) in [5.41, 5.74) is 2.76. The van der Waals surface area contributed by atoms with Crippen molar-refractivity contribution in [2.24, 2.45) is 11.8 Å². The highest BCUT2D eigenvalue weighted by molar-refractivity contribution is 7.19. The highest BCUT2D eigenvalue weighted by atomic mass is 32.1. The minimum atomic E-state index is -0.0439. The number of hydrogen-bond acceptors (Lipinski definition) is 9. The molecule has 0 radical (unpaired) electrons. The first kappa shape index (κ1) is 23.1. The zero-order chi connectivity index (χ0) is 24.5. The summed E-state index contributed by atoms with van der Waals surface area (Å²) in [7, 11) is 1.59. The molecule has 2 N–H and O–H groups in total. The van der Waals surface area contributed by atoms with Crippen molar-refractivity contribution in [3.05, 3.63) is 35.0 Å². The number of hydrogen-bond donors (Lipinski definition) is 2. The van der Waals surface area contributed by atoms with E-state index in [1.807, 2.05) is 17.9 Å². The Balaban J connectivity index is 1.44. The maximum atomic E-state index is 12.9. The SMILES string of the molecule is C=Cc1cc(Nc2ncnc3sc4c(c23)CCC(C(=O)N2CC(C#N)C2)C4)c(OC)nc1NCC. The lowest BCUT2D eigenvalue weighted by Crippen LogP contribution is -2.52. The second-order valence-corrected chi connectivity index (χ2v) is 9.84. The van der Waals surface area contributed by atoms with Crippen molar-refractivity contribution in [2.75, 3.05) is 37.4 Å². The van der Waals surface area contributed by atoms with Gasteiger partial charge in [-0.2, -0.15) is 10.2 Å². The summed E-state index contributed by atoms with van der Waals surface area (Å²) in [5.74, 6) is 1.97. The quantitative estimate of drug-likeness (QED) is 0.512. The van der Waals surface area contributed by atoms with E-state index in [1.54, 1.807) is 30.8 Å². The Morgan fingerprint density at radius 2 is 2.23 bits per heavy atom. The van der Waals surface area contributed by atoms with Crippen molar-refractivity contribution in [1.82, 2.24) is 19.9 Å². The van der Waals surface area contributed by atoms with Crippen LogP contribution in [0.5, 0.6) is 5.88 Å². The molecule has 1 saturated heterocycles. The van der Waals surface area contributed by atoms with Crippen LogP contribution in [-0.4, -0.2) is 52.5 Å². The summed E-state index contributed by atoms with van der Waals surface area (Å²) in [6.07, 6.45) is 5.58. The van der Waals surface area contributed by atoms with Crippen LogP contribution in [0.1, 0.15) is 29.3 Å². The van der Waals surface area contributed by atoms with E-state index < -0.39 is 0 Å². The molecule has 5 rings (SSSR count). The number of carbonyl (C=O) groups excluding carboxylic acids is 1. The molecular formula is C25H27N7O2S. The molecule has 2 aliphatic rings. The van der Waals surface area contributed by atoms with Gasteiger partial charge in [-0.05, 0) is 37.8 Å². The second-order valence-electron chi connectivity index (χ2n) is 8.76. The van der Waals surface area contributed by atoms with Gasteiger partial charge in [-0.15, -0.1) is 11.3 Å². The number of likely N-dealkylation sites (tertiary alicyclic amines) is 1. The second kappa shape index (κ2) is 9.50. The van der Waals surface area contributed by atoms with Gasteiger partial charge in [0, 0.05) is 36.0 Å². The molecule has 0 bridgehead atoms. The number of ether oxygens (including phenoxy) is 1. The van der Waals surface area contributed by atoms with Gasteiger partial charge in [0.05, 0.1) is 24.5 Å². The average Bonchev–Trinajstić information content (AvgIpc) is 3.22. The first-order valence-electron chi connectivity index (χ1n) is 11.7. The van der Waals surface area contributed by atoms with Crippen LogP contribution in [0.2, 0.25) is 0 Å². The summed E-state index contributed by atoms with van der Waals surface area (Å²) in [5, 5.41) is 16.7. The molecule has 0 spiro atoms. The van der Waals surface area contributed by atoms with Crippen LogP contribution in [0.15, 0.2) is 19.0 Å². The Morgan fingerprint density at radius 3 is 2.94 bits per heavy atom. The fourth-order valence-electron chi connectivity index (χ4n) is 4.76. The first-order chi connectivity index (χ1) is 17.1. The maximum Gasteiger partial charge on any atom is 0.239 e. The number of fused-ring (bicyclic) bond motifs is 3. The topological polar surface area (TPSA) is 116 Å². The summed E-state index contributed by atoms with van der Waals surface area (Å²) in [6, 6.07) is 4.18. The van der Waals surface area contributed by atoms with E-state index in [0.717, 1.165) is 35.2 Å². The minimum Gasteiger partial charge on any atom is -0.479 e. The van der Waals surface area contributed by atoms with Crippen molar-refractivity contribution in [3.8, 4) is 11.9 Å². The lowest BCUT2D eigenvalue weighted by atomic mass is 9.85. The van der Waals surface area contributed by atoms with Gasteiger partial charge in [0.1, 0.15) is 28.5 Å². The third-order valence-electron chi connectivity index (χ3n) is 6.60. The average molecular weight is 490 g/mol. The lowest BCUT2D eigenvalue weighted by Gasteiger charge is -2.38. The van der Waals surface area contributed by atoms with Gasteiger partial charge in [-0.25, -0.2) is 9.97 Å². The number of thiophene rings is 1. The number of rotatable bonds is 7. The van der Waals surface area contributed by atoms with Crippen LogP contribution in [0.3, 0.4) is 0 Å². The number of amides is 1. The van der Waals surface area contributed by atoms with E-state index in [2.05, 4.69) is 38.2 Å². The molecule has 0 saturated carbocycles. The maximum absolute atomic E-state index is 12.9. The van der Waals surface area contributed by atoms with Crippen molar-refractivity contribution >= 4 is 50.9 Å². The first-order valence-corrected chi connectivity index (χ1v) is 12.5. The Bertz CT molecular complexity index is 1340. The van der Waals surface area contributed by atoms with E-state index in [4.69, 9.17) is 10.00 Å². The zero-order valence-electron chi connectivity index (χ0n) is 19.8. The molecule has 3 aromatic rings. The highest BCUT2D eigenvalue weighted by Crippen LogP contribution is 2.42. The molecule has 1 aliphatic carbocycles. The van der Waals surface area contributed by atoms with Crippen LogP contribution in [-0.2, 0) is 17.6 Å². The van der Waals surface area contributed by atoms with Gasteiger partial charge in [0.25, 0.3) is 0 Å². The Morgan fingerprint density at radius 1 is 1.40 bits per heavy atom. The van der Waals surface area contributed by atoms with E-state index in [1.165, 1.54) is 10.4 Å². The van der Waals surface area contributed by atoms with Gasteiger partial charge < -0.3 is 20.3 Å². The number of aromatic nitrogens is 3. The number of anilines is 3. The molecule has 1 fully saturated rings. The van der Waals surface area contributed by atoms with Crippen molar-refractivity contribution in [3.63, 3.8) is 0 Å². The predicted molar refractivity (Wildman–Crippen MR) is 137 cm³/mol. The fourth-order valence-corrected chi connectivity index (χ4v) is 6.03. The van der Waals surface area contributed by atoms with E-state index in [-0.39, 0.29) is 17.7 Å². The van der Waals surface area contributed by atoms with Gasteiger partial charge in [0.2, 0.25) is 11.8 Å². The van der Waals surface area contributed by atoms with E-state index in [0.29, 0.717) is 42.7 Å². The summed E-state index contributed by atoms with van der Waals surface area (Å²) in [4.78, 5) is 30.5. The number of carbonyl (C=O) groups is 1. The van der Waals surface area contributed by atoms with Crippen LogP contribution < -0.4 is 15.4 Å². The molecule has 180 valence electrons. The molecule has 0 aromatic carbocycles. The third kappa shape index (κ3) is 4.17. The number of pyridine rings is 1. The number of nitrogens with one attached hydrogen (secondary N) is 2. The summed E-state index contributed by atoms with van der Waals surface area (Å²) >= 11 is 1.63. The van der Waals surface area contributed by atoms with Gasteiger partial charge in [-0.1, -0.05) is 12.7 Å². The Kier molecular flexibility index (Phi) is 6.26. The van der Waals surface area contributed by atoms with Gasteiger partial charge >= 0.3 is 0 Å². The predicted octanol–water partition coefficient (Wildman–Crippen LogP) is 4.00. The van der Waals surface area contributed by atoms with Gasteiger partial charge in [-0.3, -0.25) is 4.79 Å². The number of aryl methyl sites for hydroxylation is 1. The van der Waals surface area contributed by atoms with Gasteiger partial charge in [0.15, 0.2) is 0 Å². The van der Waals surface area contributed by atoms with Crippen molar-refractivity contribution in [1.29, 1.82) is 5.26 Å². The highest BCUT2D eigenvalue weighted by Gasteiger charge is 2.37. The van der Waals surface area contributed by atoms with Crippen LogP contribution >= 0.6 is 11.3 Å². The lowest BCUT2D eigenvalue weighted by molar-refractivity contribution is -0.141. The molecule has 1 atom stereocenters. The van der Waals surface area contributed by atoms with Crippen LogP contribution in [0, 0.1) is 23.2 Å². The van der Waals surface area contributed by atoms with Crippen LogP contribution in [0.25, 0.3) is 16.3 Å². The molecule has 4 heterocycles. The smallest absolute Gasteiger partial charge is 0.239 e. The van der Waals surface area contributed by atoms with E-state index >= 15 is 0 Å². The number of methoxy groups -OCH3 is 1. The van der Waals surface area contributed by atoms with Crippen LogP contribution in [0.4, 0.5) is 17.3 Å². The molecular weight excluding hydrogens is 462 g/mol. The molecule has 1 unspecified atom stereocenters. The van der Waals surface area contributed by atoms with E-state index in [9.17, 15) is 4.79 Å². The molecule has 35 heavy (non-hydrogen) atoms. The minimum absolute atomic E-state index is 0.0220. The third-order valence-corrected chi connectivity index (χ3v) is 7.76. The molecule has 1 aliphatic heterocycles. The molecule has 9 nitrogen and oxygen atoms in total. The monoisotopic (exact) mass is 489 g/mol. The normalized spacial score (nSPS) is 17.3. The number of nitrogens with zero attached hydrogens (tertiary/aromatic N) is 5. The summed E-state index contributed by atoms with van der Waals surface area (Å²) < 4.78 is 5.55. The Hall–Kier alpha value is -3.71. The van der Waals surface area contributed by atoms with Crippen molar-refractivity contribution < 1.29 is 9.53 Å². The largest absolute Gasteiger partial charge is 0.479 e. The summed E-state index contributed by atoms with van der Waals surface area (Å²) in [6.45, 7) is 7.76. The fraction of sp³-hybridized carbons (Fsp3) is 0.400. The molecule has 10 heteroatoms. The Labute approximate surface area is 207 Å². The van der Waals surface area contributed by atoms with Crippen molar-refractivity contribution in [2.45, 2.75) is 26.2 Å². The molecule has 3 aromatic heterocycles. The molecule has 1 amide bonds. The standard InChI is InChI=1S/C25H27N7O2S/c1-4-15-8-18(23(34-3)31-21(15)27-5-2)30-22-20-17-7-6-16(25(33)32-11-14(10-26)12-32)9-19(17)35-24(20)29-13-28-22/h4,8,13-14,16H,1,5-7,9,11-12H2,2-3H3,(H,27,31)(H,28,29,30). The number of nitriles is 1.